The van der Waals surface area contributed by atoms with Gasteiger partial charge in [-0.25, -0.2) is 4.79 Å². The highest BCUT2D eigenvalue weighted by Crippen LogP contribution is 2.02. The first-order valence-electron chi connectivity index (χ1n) is 3.71. The van der Waals surface area contributed by atoms with Crippen LogP contribution in [0.4, 0.5) is 0 Å². The number of ether oxygens (including phenoxy) is 1. The van der Waals surface area contributed by atoms with Crippen molar-refractivity contribution in [3.63, 3.8) is 0 Å². The van der Waals surface area contributed by atoms with Gasteiger partial charge in [-0.1, -0.05) is 6.58 Å². The molecule has 0 aromatic carbocycles. The molecule has 0 aliphatic heterocycles. The minimum absolute atomic E-state index is 0.0459. The Bertz CT molecular complexity index is 283. The molecule has 0 aliphatic rings. The molecule has 0 N–H and O–H groups in total. The summed E-state index contributed by atoms with van der Waals surface area (Å²) in [5, 5.41) is 16.8. The van der Waals surface area contributed by atoms with E-state index in [4.69, 9.17) is 15.3 Å². The summed E-state index contributed by atoms with van der Waals surface area (Å²) < 4.78 is 4.70. The maximum Gasteiger partial charge on any atom is 0.333 e. The lowest BCUT2D eigenvalue weighted by Crippen LogP contribution is -2.12. The monoisotopic (exact) mass is 178 g/mol. The summed E-state index contributed by atoms with van der Waals surface area (Å²) in [6.45, 7) is 4.86. The average molecular weight is 178 g/mol. The zero-order chi connectivity index (χ0) is 10.3. The highest BCUT2D eigenvalue weighted by atomic mass is 16.5. The Morgan fingerprint density at radius 1 is 1.62 bits per heavy atom. The molecule has 0 fully saturated rings. The molecular formula is C9H10N2O2. The predicted octanol–water partition coefficient (Wildman–Crippen LogP) is 1.16. The van der Waals surface area contributed by atoms with Crippen LogP contribution in [0.2, 0.25) is 0 Å². The fraction of sp³-hybridized carbons (Fsp3) is 0.444. The molecule has 0 amide bonds. The van der Waals surface area contributed by atoms with Crippen LogP contribution in [-0.2, 0) is 9.53 Å². The van der Waals surface area contributed by atoms with Gasteiger partial charge in [0, 0.05) is 5.57 Å². The highest BCUT2D eigenvalue weighted by molar-refractivity contribution is 5.86. The molecule has 0 aromatic heterocycles. The van der Waals surface area contributed by atoms with Crippen LogP contribution in [0.25, 0.3) is 0 Å². The highest BCUT2D eigenvalue weighted by Gasteiger charge is 2.10. The number of nitrogens with zero attached hydrogens (tertiary/aromatic N) is 2. The van der Waals surface area contributed by atoms with E-state index >= 15 is 0 Å². The molecule has 0 rings (SSSR count). The molecule has 0 saturated heterocycles. The van der Waals surface area contributed by atoms with Crippen molar-refractivity contribution in [2.45, 2.75) is 13.3 Å². The van der Waals surface area contributed by atoms with Gasteiger partial charge < -0.3 is 4.74 Å². The van der Waals surface area contributed by atoms with E-state index < -0.39 is 11.9 Å². The van der Waals surface area contributed by atoms with Crippen LogP contribution in [0.15, 0.2) is 12.2 Å². The Balaban J connectivity index is 3.88. The lowest BCUT2D eigenvalue weighted by Gasteiger charge is -2.05. The molecule has 0 aliphatic carbocycles. The molecule has 0 saturated carbocycles. The topological polar surface area (TPSA) is 73.9 Å². The average Bonchev–Trinajstić information content (AvgIpc) is 2.11. The van der Waals surface area contributed by atoms with Crippen LogP contribution in [0.1, 0.15) is 13.3 Å². The maximum atomic E-state index is 10.9. The summed E-state index contributed by atoms with van der Waals surface area (Å²) in [6.07, 6.45) is 0.0694. The standard InChI is InChI=1S/C9H10N2O2/c1-7(2)9(12)13-6-8(5-11)3-4-10/h8H,1,3,6H2,2H3. The first-order valence-corrected chi connectivity index (χ1v) is 3.71. The summed E-state index contributed by atoms with van der Waals surface area (Å²) in [6, 6.07) is 3.70. The zero-order valence-electron chi connectivity index (χ0n) is 7.41. The van der Waals surface area contributed by atoms with Gasteiger partial charge in [0.15, 0.2) is 0 Å². The van der Waals surface area contributed by atoms with Crippen LogP contribution < -0.4 is 0 Å². The lowest BCUT2D eigenvalue weighted by atomic mass is 10.1. The predicted molar refractivity (Wildman–Crippen MR) is 45.1 cm³/mol. The Labute approximate surface area is 77.0 Å². The minimum atomic E-state index is -0.548. The Morgan fingerprint density at radius 2 is 2.23 bits per heavy atom. The quantitative estimate of drug-likeness (QED) is 0.478. The molecule has 0 aromatic rings. The Hall–Kier alpha value is -1.81. The fourth-order valence-electron chi connectivity index (χ4n) is 0.552. The third-order valence-corrected chi connectivity index (χ3v) is 1.28. The molecule has 13 heavy (non-hydrogen) atoms. The van der Waals surface area contributed by atoms with Gasteiger partial charge in [0.1, 0.15) is 6.61 Å². The molecule has 0 radical (unpaired) electrons. The van der Waals surface area contributed by atoms with Crippen LogP contribution in [-0.4, -0.2) is 12.6 Å². The lowest BCUT2D eigenvalue weighted by molar-refractivity contribution is -0.139. The second-order valence-electron chi connectivity index (χ2n) is 2.57. The van der Waals surface area contributed by atoms with Crippen molar-refractivity contribution >= 4 is 5.97 Å². The van der Waals surface area contributed by atoms with Gasteiger partial charge >= 0.3 is 5.97 Å². The number of nitriles is 2. The second kappa shape index (κ2) is 5.79. The summed E-state index contributed by atoms with van der Waals surface area (Å²) in [4.78, 5) is 10.9. The van der Waals surface area contributed by atoms with E-state index in [0.717, 1.165) is 0 Å². The summed E-state index contributed by atoms with van der Waals surface area (Å²) >= 11 is 0. The van der Waals surface area contributed by atoms with Crippen molar-refractivity contribution in [1.82, 2.24) is 0 Å². The number of esters is 1. The zero-order valence-corrected chi connectivity index (χ0v) is 7.41. The fourth-order valence-corrected chi connectivity index (χ4v) is 0.552. The van der Waals surface area contributed by atoms with E-state index in [1.54, 1.807) is 0 Å². The van der Waals surface area contributed by atoms with E-state index in [-0.39, 0.29) is 18.6 Å². The van der Waals surface area contributed by atoms with Gasteiger partial charge in [-0.05, 0) is 6.92 Å². The minimum Gasteiger partial charge on any atom is -0.461 e. The van der Waals surface area contributed by atoms with E-state index in [1.807, 2.05) is 12.1 Å². The van der Waals surface area contributed by atoms with Gasteiger partial charge in [-0.2, -0.15) is 10.5 Å². The van der Waals surface area contributed by atoms with Crippen molar-refractivity contribution in [2.75, 3.05) is 6.61 Å². The van der Waals surface area contributed by atoms with Crippen molar-refractivity contribution in [1.29, 1.82) is 10.5 Å². The van der Waals surface area contributed by atoms with Gasteiger partial charge in [0.25, 0.3) is 0 Å². The molecular weight excluding hydrogens is 168 g/mol. The molecule has 1 atom stereocenters. The number of hydrogen-bond acceptors (Lipinski definition) is 4. The number of rotatable bonds is 4. The molecule has 0 spiro atoms. The molecule has 1 unspecified atom stereocenters. The van der Waals surface area contributed by atoms with Crippen LogP contribution in [0.3, 0.4) is 0 Å². The van der Waals surface area contributed by atoms with E-state index in [9.17, 15) is 4.79 Å². The van der Waals surface area contributed by atoms with E-state index in [2.05, 4.69) is 6.58 Å². The number of carbonyl (C=O) groups is 1. The largest absolute Gasteiger partial charge is 0.461 e. The maximum absolute atomic E-state index is 10.9. The van der Waals surface area contributed by atoms with E-state index in [1.165, 1.54) is 6.92 Å². The van der Waals surface area contributed by atoms with Gasteiger partial charge in [-0.3, -0.25) is 0 Å². The third-order valence-electron chi connectivity index (χ3n) is 1.28. The van der Waals surface area contributed by atoms with Crippen LogP contribution in [0.5, 0.6) is 0 Å². The number of carbonyl (C=O) groups excluding carboxylic acids is 1. The molecule has 0 bridgehead atoms. The van der Waals surface area contributed by atoms with Gasteiger partial charge in [0.2, 0.25) is 0 Å². The molecule has 4 nitrogen and oxygen atoms in total. The smallest absolute Gasteiger partial charge is 0.333 e. The van der Waals surface area contributed by atoms with Crippen LogP contribution in [0, 0.1) is 28.6 Å². The third kappa shape index (κ3) is 4.60. The van der Waals surface area contributed by atoms with Crippen molar-refractivity contribution < 1.29 is 9.53 Å². The summed E-state index contributed by atoms with van der Waals surface area (Å²) in [5.41, 5.74) is 0.286. The first-order chi connectivity index (χ1) is 6.11. The van der Waals surface area contributed by atoms with E-state index in [0.29, 0.717) is 0 Å². The van der Waals surface area contributed by atoms with Crippen molar-refractivity contribution in [3.05, 3.63) is 12.2 Å². The molecule has 0 heterocycles. The molecule has 68 valence electrons. The molecule has 4 heteroatoms. The van der Waals surface area contributed by atoms with Gasteiger partial charge in [-0.15, -0.1) is 0 Å². The van der Waals surface area contributed by atoms with Crippen molar-refractivity contribution in [2.24, 2.45) is 5.92 Å². The normalized spacial score (nSPS) is 10.7. The first kappa shape index (κ1) is 11.2. The second-order valence-corrected chi connectivity index (χ2v) is 2.57. The summed E-state index contributed by atoms with van der Waals surface area (Å²) in [7, 11) is 0. The van der Waals surface area contributed by atoms with Gasteiger partial charge in [0.05, 0.1) is 24.5 Å². The summed E-state index contributed by atoms with van der Waals surface area (Å²) in [5.74, 6) is -1.08. The Morgan fingerprint density at radius 3 is 2.62 bits per heavy atom. The SMILES string of the molecule is C=C(C)C(=O)OCC(C#N)CC#N. The number of hydrogen-bond donors (Lipinski definition) is 0. The Kier molecular flexibility index (Phi) is 4.99. The van der Waals surface area contributed by atoms with Crippen molar-refractivity contribution in [3.8, 4) is 12.1 Å². The van der Waals surface area contributed by atoms with Crippen LogP contribution >= 0.6 is 0 Å².